The lowest BCUT2D eigenvalue weighted by atomic mass is 10.1. The lowest BCUT2D eigenvalue weighted by Crippen LogP contribution is -2.03. The highest BCUT2D eigenvalue weighted by atomic mass is 35.5. The lowest BCUT2D eigenvalue weighted by Gasteiger charge is -2.09. The third-order valence-electron chi connectivity index (χ3n) is 2.58. The maximum absolute atomic E-state index is 10.3. The molecule has 0 fully saturated rings. The van der Waals surface area contributed by atoms with Crippen LogP contribution in [0, 0.1) is 6.92 Å². The SMILES string of the molecule is Cc1ccc(Cl)cc1NCCCCCC(=O)O. The van der Waals surface area contributed by atoms with Crippen LogP contribution >= 0.6 is 11.6 Å². The van der Waals surface area contributed by atoms with Crippen LogP contribution in [0.3, 0.4) is 0 Å². The van der Waals surface area contributed by atoms with Gasteiger partial charge in [-0.2, -0.15) is 0 Å². The van der Waals surface area contributed by atoms with E-state index in [0.717, 1.165) is 36.5 Å². The number of halogens is 1. The molecule has 1 aromatic carbocycles. The third-order valence-corrected chi connectivity index (χ3v) is 2.82. The van der Waals surface area contributed by atoms with Crippen LogP contribution in [0.4, 0.5) is 5.69 Å². The number of rotatable bonds is 7. The predicted molar refractivity (Wildman–Crippen MR) is 70.8 cm³/mol. The largest absolute Gasteiger partial charge is 0.481 e. The van der Waals surface area contributed by atoms with Crippen molar-refractivity contribution in [3.63, 3.8) is 0 Å². The van der Waals surface area contributed by atoms with E-state index in [2.05, 4.69) is 5.32 Å². The van der Waals surface area contributed by atoms with E-state index in [0.29, 0.717) is 0 Å². The molecule has 1 aromatic rings. The number of aryl methyl sites for hydroxylation is 1. The van der Waals surface area contributed by atoms with E-state index in [1.54, 1.807) is 0 Å². The maximum Gasteiger partial charge on any atom is 0.303 e. The average molecular weight is 256 g/mol. The Morgan fingerprint density at radius 1 is 1.35 bits per heavy atom. The van der Waals surface area contributed by atoms with Gasteiger partial charge >= 0.3 is 5.97 Å². The average Bonchev–Trinajstić information content (AvgIpc) is 2.27. The molecular weight excluding hydrogens is 238 g/mol. The van der Waals surface area contributed by atoms with Gasteiger partial charge in [0.1, 0.15) is 0 Å². The minimum absolute atomic E-state index is 0.260. The highest BCUT2D eigenvalue weighted by Gasteiger charge is 1.99. The topological polar surface area (TPSA) is 49.3 Å². The molecular formula is C13H18ClNO2. The number of carboxylic acids is 1. The summed E-state index contributed by atoms with van der Waals surface area (Å²) in [5, 5.41) is 12.5. The van der Waals surface area contributed by atoms with Crippen molar-refractivity contribution in [2.75, 3.05) is 11.9 Å². The summed E-state index contributed by atoms with van der Waals surface area (Å²) in [4.78, 5) is 10.3. The maximum atomic E-state index is 10.3. The molecule has 0 atom stereocenters. The van der Waals surface area contributed by atoms with Crippen molar-refractivity contribution in [1.82, 2.24) is 0 Å². The first-order valence-corrected chi connectivity index (χ1v) is 6.19. The van der Waals surface area contributed by atoms with Gasteiger partial charge in [0.25, 0.3) is 0 Å². The number of aliphatic carboxylic acids is 1. The first kappa shape index (κ1) is 13.8. The van der Waals surface area contributed by atoms with Gasteiger partial charge < -0.3 is 10.4 Å². The van der Waals surface area contributed by atoms with Gasteiger partial charge in [0.15, 0.2) is 0 Å². The fraction of sp³-hybridized carbons (Fsp3) is 0.462. The van der Waals surface area contributed by atoms with Crippen LogP contribution in [0.2, 0.25) is 5.02 Å². The summed E-state index contributed by atoms with van der Waals surface area (Å²) in [7, 11) is 0. The molecule has 0 aliphatic carbocycles. The molecule has 0 aliphatic rings. The molecule has 0 heterocycles. The van der Waals surface area contributed by atoms with Crippen molar-refractivity contribution in [3.8, 4) is 0 Å². The van der Waals surface area contributed by atoms with E-state index < -0.39 is 5.97 Å². The molecule has 0 bridgehead atoms. The smallest absolute Gasteiger partial charge is 0.303 e. The molecule has 0 spiro atoms. The molecule has 2 N–H and O–H groups in total. The second-order valence-electron chi connectivity index (χ2n) is 4.09. The summed E-state index contributed by atoms with van der Waals surface area (Å²) in [6.45, 7) is 2.88. The van der Waals surface area contributed by atoms with Crippen LogP contribution in [-0.4, -0.2) is 17.6 Å². The summed E-state index contributed by atoms with van der Waals surface area (Å²) < 4.78 is 0. The molecule has 3 nitrogen and oxygen atoms in total. The van der Waals surface area contributed by atoms with Crippen LogP contribution in [0.15, 0.2) is 18.2 Å². The Labute approximate surface area is 107 Å². The van der Waals surface area contributed by atoms with Crippen molar-refractivity contribution in [1.29, 1.82) is 0 Å². The quantitative estimate of drug-likeness (QED) is 0.731. The van der Waals surface area contributed by atoms with Gasteiger partial charge in [-0.1, -0.05) is 24.1 Å². The zero-order valence-corrected chi connectivity index (χ0v) is 10.8. The van der Waals surface area contributed by atoms with Crippen molar-refractivity contribution in [2.45, 2.75) is 32.6 Å². The summed E-state index contributed by atoms with van der Waals surface area (Å²) in [5.41, 5.74) is 2.22. The van der Waals surface area contributed by atoms with Crippen molar-refractivity contribution in [3.05, 3.63) is 28.8 Å². The first-order chi connectivity index (χ1) is 8.09. The molecule has 0 unspecified atom stereocenters. The fourth-order valence-electron chi connectivity index (χ4n) is 1.59. The van der Waals surface area contributed by atoms with Crippen LogP contribution in [-0.2, 0) is 4.79 Å². The minimum atomic E-state index is -0.719. The van der Waals surface area contributed by atoms with Crippen molar-refractivity contribution >= 4 is 23.3 Å². The number of anilines is 1. The zero-order chi connectivity index (χ0) is 12.7. The number of benzene rings is 1. The molecule has 0 radical (unpaired) electrons. The summed E-state index contributed by atoms with van der Waals surface area (Å²) in [6.07, 6.45) is 2.90. The fourth-order valence-corrected chi connectivity index (χ4v) is 1.76. The Hall–Kier alpha value is -1.22. The lowest BCUT2D eigenvalue weighted by molar-refractivity contribution is -0.137. The summed E-state index contributed by atoms with van der Waals surface area (Å²) >= 11 is 5.91. The van der Waals surface area contributed by atoms with Crippen molar-refractivity contribution < 1.29 is 9.90 Å². The van der Waals surface area contributed by atoms with Gasteiger partial charge in [0, 0.05) is 23.7 Å². The highest BCUT2D eigenvalue weighted by molar-refractivity contribution is 6.30. The number of hydrogen-bond donors (Lipinski definition) is 2. The highest BCUT2D eigenvalue weighted by Crippen LogP contribution is 2.20. The number of carbonyl (C=O) groups is 1. The Morgan fingerprint density at radius 3 is 2.82 bits per heavy atom. The summed E-state index contributed by atoms with van der Waals surface area (Å²) in [6, 6.07) is 5.76. The van der Waals surface area contributed by atoms with E-state index in [9.17, 15) is 4.79 Å². The van der Waals surface area contributed by atoms with Gasteiger partial charge in [-0.25, -0.2) is 0 Å². The van der Waals surface area contributed by atoms with Crippen LogP contribution in [0.25, 0.3) is 0 Å². The van der Waals surface area contributed by atoms with Crippen molar-refractivity contribution in [2.24, 2.45) is 0 Å². The van der Waals surface area contributed by atoms with E-state index in [1.165, 1.54) is 5.56 Å². The molecule has 94 valence electrons. The van der Waals surface area contributed by atoms with Gasteiger partial charge in [-0.05, 0) is 37.5 Å². The van der Waals surface area contributed by atoms with Gasteiger partial charge in [0.2, 0.25) is 0 Å². The molecule has 1 rings (SSSR count). The molecule has 0 amide bonds. The molecule has 0 aliphatic heterocycles. The molecule has 0 saturated heterocycles. The van der Waals surface area contributed by atoms with Crippen LogP contribution in [0.1, 0.15) is 31.2 Å². The van der Waals surface area contributed by atoms with Gasteiger partial charge in [0.05, 0.1) is 0 Å². The first-order valence-electron chi connectivity index (χ1n) is 5.81. The van der Waals surface area contributed by atoms with Crippen LogP contribution < -0.4 is 5.32 Å². The monoisotopic (exact) mass is 255 g/mol. The summed E-state index contributed by atoms with van der Waals surface area (Å²) in [5.74, 6) is -0.719. The Morgan fingerprint density at radius 2 is 2.12 bits per heavy atom. The number of carboxylic acid groups (broad SMARTS) is 1. The minimum Gasteiger partial charge on any atom is -0.481 e. The standard InChI is InChI=1S/C13H18ClNO2/c1-10-6-7-11(14)9-12(10)15-8-4-2-3-5-13(16)17/h6-7,9,15H,2-5,8H2,1H3,(H,16,17). The van der Waals surface area contributed by atoms with E-state index in [4.69, 9.17) is 16.7 Å². The molecule has 0 aromatic heterocycles. The second kappa shape index (κ2) is 7.17. The van der Waals surface area contributed by atoms with E-state index in [1.807, 2.05) is 25.1 Å². The van der Waals surface area contributed by atoms with Gasteiger partial charge in [-0.15, -0.1) is 0 Å². The molecule has 0 saturated carbocycles. The van der Waals surface area contributed by atoms with Gasteiger partial charge in [-0.3, -0.25) is 4.79 Å². The Kier molecular flexibility index (Phi) is 5.84. The van der Waals surface area contributed by atoms with E-state index in [-0.39, 0.29) is 6.42 Å². The molecule has 4 heteroatoms. The Bertz CT molecular complexity index is 380. The Balaban J connectivity index is 2.22. The zero-order valence-electron chi connectivity index (χ0n) is 10.0. The predicted octanol–water partition coefficient (Wildman–Crippen LogP) is 3.71. The normalized spacial score (nSPS) is 10.2. The molecule has 17 heavy (non-hydrogen) atoms. The number of hydrogen-bond acceptors (Lipinski definition) is 2. The van der Waals surface area contributed by atoms with Crippen LogP contribution in [0.5, 0.6) is 0 Å². The number of nitrogens with one attached hydrogen (secondary N) is 1. The second-order valence-corrected chi connectivity index (χ2v) is 4.53. The number of unbranched alkanes of at least 4 members (excludes halogenated alkanes) is 2. The van der Waals surface area contributed by atoms with E-state index >= 15 is 0 Å². The third kappa shape index (κ3) is 5.59.